The number of nitro groups is 1. The number of halogens is 2. The van der Waals surface area contributed by atoms with E-state index in [9.17, 15) is 18.7 Å². The number of rotatable bonds is 5. The van der Waals surface area contributed by atoms with Gasteiger partial charge in [-0.25, -0.2) is 0 Å². The Labute approximate surface area is 164 Å². The van der Waals surface area contributed by atoms with Crippen molar-refractivity contribution in [1.29, 1.82) is 0 Å². The standard InChI is InChI=1S/C19H15BF2N4O3/c21-20(22)25(13-14-12-18(26(27)28)10-11-19(14)29-20)17-8-6-16(7-9-17)24-23-15-4-2-1-3-5-15/h1-13,23-24H. The van der Waals surface area contributed by atoms with Crippen LogP contribution in [0.4, 0.5) is 31.4 Å². The highest BCUT2D eigenvalue weighted by Crippen LogP contribution is 2.33. The predicted molar refractivity (Wildman–Crippen MR) is 107 cm³/mol. The predicted octanol–water partition coefficient (Wildman–Crippen LogP) is 4.56. The second-order valence-electron chi connectivity index (χ2n) is 6.36. The fraction of sp³-hybridized carbons (Fsp3) is 0. The van der Waals surface area contributed by atoms with Crippen LogP contribution in [0.3, 0.4) is 0 Å². The first kappa shape index (κ1) is 18.4. The van der Waals surface area contributed by atoms with Gasteiger partial charge in [-0.05, 0) is 30.3 Å². The summed E-state index contributed by atoms with van der Waals surface area (Å²) >= 11 is 0. The van der Waals surface area contributed by atoms with E-state index in [2.05, 4.69) is 10.9 Å². The van der Waals surface area contributed by atoms with Gasteiger partial charge in [0.15, 0.2) is 5.69 Å². The molecule has 0 fully saturated rings. The molecule has 0 bridgehead atoms. The number of fused-ring (bicyclic) bond motifs is 1. The molecule has 0 spiro atoms. The van der Waals surface area contributed by atoms with Crippen molar-refractivity contribution in [3.63, 3.8) is 0 Å². The summed E-state index contributed by atoms with van der Waals surface area (Å²) in [5.74, 6) is -0.0952. The van der Waals surface area contributed by atoms with Gasteiger partial charge in [0.1, 0.15) is 6.21 Å². The molecule has 0 radical (unpaired) electrons. The highest BCUT2D eigenvalue weighted by molar-refractivity contribution is 6.53. The van der Waals surface area contributed by atoms with E-state index < -0.39 is 12.0 Å². The summed E-state index contributed by atoms with van der Waals surface area (Å²) in [6.45, 7) is 0. The SMILES string of the molecule is O=[N+]([O-])c1ccc2c(c1)C=[N+](c1ccc(NNc3ccccc3)cc1)[B-](F)(F)O2. The summed E-state index contributed by atoms with van der Waals surface area (Å²) in [6, 6.07) is 19.2. The molecule has 2 N–H and O–H groups in total. The van der Waals surface area contributed by atoms with Gasteiger partial charge in [0.2, 0.25) is 0 Å². The Morgan fingerprint density at radius 1 is 0.931 bits per heavy atom. The van der Waals surface area contributed by atoms with Crippen LogP contribution >= 0.6 is 0 Å². The molecule has 0 saturated heterocycles. The summed E-state index contributed by atoms with van der Waals surface area (Å²) in [4.78, 5) is 10.4. The number of hydrazine groups is 1. The lowest BCUT2D eigenvalue weighted by molar-refractivity contribution is -0.385. The van der Waals surface area contributed by atoms with Gasteiger partial charge in [-0.2, -0.15) is 0 Å². The van der Waals surface area contributed by atoms with Crippen LogP contribution in [0.25, 0.3) is 0 Å². The number of non-ortho nitro benzene ring substituents is 1. The average Bonchev–Trinajstić information content (AvgIpc) is 2.72. The maximum absolute atomic E-state index is 14.5. The van der Waals surface area contributed by atoms with Gasteiger partial charge in [-0.1, -0.05) is 18.2 Å². The van der Waals surface area contributed by atoms with Crippen LogP contribution in [0.1, 0.15) is 5.56 Å². The number of benzene rings is 3. The molecular weight excluding hydrogens is 381 g/mol. The van der Waals surface area contributed by atoms with E-state index in [1.165, 1.54) is 24.3 Å². The monoisotopic (exact) mass is 396 g/mol. The van der Waals surface area contributed by atoms with Gasteiger partial charge in [-0.3, -0.25) is 10.1 Å². The minimum Gasteiger partial charge on any atom is -0.599 e. The number of anilines is 2. The molecule has 0 amide bonds. The summed E-state index contributed by atoms with van der Waals surface area (Å²) < 4.78 is 34.6. The summed E-state index contributed by atoms with van der Waals surface area (Å²) in [6.07, 6.45) is 1.16. The largest absolute Gasteiger partial charge is 0.834 e. The van der Waals surface area contributed by atoms with Crippen LogP contribution in [-0.4, -0.2) is 22.7 Å². The molecule has 4 rings (SSSR count). The van der Waals surface area contributed by atoms with Crippen molar-refractivity contribution in [3.05, 3.63) is 88.5 Å². The highest BCUT2D eigenvalue weighted by atomic mass is 19.3. The van der Waals surface area contributed by atoms with Gasteiger partial charge >= 0.3 is 7.04 Å². The Hall–Kier alpha value is -3.95. The van der Waals surface area contributed by atoms with E-state index in [0.717, 1.165) is 18.0 Å². The number of para-hydroxylation sites is 1. The van der Waals surface area contributed by atoms with Crippen LogP contribution in [0.2, 0.25) is 0 Å². The molecule has 1 aliphatic heterocycles. The van der Waals surface area contributed by atoms with Gasteiger partial charge < -0.3 is 28.6 Å². The maximum Gasteiger partial charge on any atom is 0.834 e. The van der Waals surface area contributed by atoms with Gasteiger partial charge in [0.05, 0.1) is 27.6 Å². The smallest absolute Gasteiger partial charge is 0.599 e. The third-order valence-electron chi connectivity index (χ3n) is 4.37. The van der Waals surface area contributed by atoms with E-state index in [1.54, 1.807) is 12.1 Å². The Bertz CT molecular complexity index is 1090. The lowest BCUT2D eigenvalue weighted by atomic mass is 9.98. The minimum absolute atomic E-state index is 0.0952. The molecule has 0 atom stereocenters. The van der Waals surface area contributed by atoms with Crippen LogP contribution in [0, 0.1) is 10.1 Å². The Morgan fingerprint density at radius 3 is 2.24 bits per heavy atom. The lowest BCUT2D eigenvalue weighted by Gasteiger charge is -2.28. The van der Waals surface area contributed by atoms with Crippen molar-refractivity contribution in [1.82, 2.24) is 0 Å². The summed E-state index contributed by atoms with van der Waals surface area (Å²) in [7, 11) is -4.37. The van der Waals surface area contributed by atoms with Crippen LogP contribution < -0.4 is 15.5 Å². The first-order chi connectivity index (χ1) is 13.9. The fourth-order valence-corrected chi connectivity index (χ4v) is 2.93. The lowest BCUT2D eigenvalue weighted by Crippen LogP contribution is -2.46. The number of hydrogen-bond acceptors (Lipinski definition) is 5. The van der Waals surface area contributed by atoms with Crippen molar-refractivity contribution in [2.24, 2.45) is 0 Å². The molecule has 29 heavy (non-hydrogen) atoms. The quantitative estimate of drug-likeness (QED) is 0.376. The third-order valence-corrected chi connectivity index (χ3v) is 4.37. The molecule has 3 aromatic rings. The Balaban J connectivity index is 1.59. The molecule has 1 aliphatic rings. The summed E-state index contributed by atoms with van der Waals surface area (Å²) in [5.41, 5.74) is 7.70. The minimum atomic E-state index is -4.37. The van der Waals surface area contributed by atoms with Crippen molar-refractivity contribution >= 4 is 36.0 Å². The summed E-state index contributed by atoms with van der Waals surface area (Å²) in [5, 5.41) is 10.9. The van der Waals surface area contributed by atoms with Crippen LogP contribution in [0.5, 0.6) is 5.75 Å². The zero-order chi connectivity index (χ0) is 20.4. The van der Waals surface area contributed by atoms with Crippen molar-refractivity contribution in [2.45, 2.75) is 0 Å². The van der Waals surface area contributed by atoms with E-state index >= 15 is 0 Å². The van der Waals surface area contributed by atoms with Gasteiger partial charge in [-0.15, -0.1) is 0 Å². The Morgan fingerprint density at radius 2 is 1.59 bits per heavy atom. The number of hydrogen-bond donors (Lipinski definition) is 2. The zero-order valence-corrected chi connectivity index (χ0v) is 15.0. The molecule has 0 aliphatic carbocycles. The van der Waals surface area contributed by atoms with Gasteiger partial charge in [0, 0.05) is 24.3 Å². The molecule has 7 nitrogen and oxygen atoms in total. The second kappa shape index (κ2) is 7.23. The first-order valence-electron chi connectivity index (χ1n) is 8.71. The zero-order valence-electron chi connectivity index (χ0n) is 15.0. The number of nitrogens with one attached hydrogen (secondary N) is 2. The van der Waals surface area contributed by atoms with Crippen LogP contribution in [-0.2, 0) is 0 Å². The number of nitro benzene ring substituents is 1. The van der Waals surface area contributed by atoms with E-state index in [4.69, 9.17) is 4.65 Å². The van der Waals surface area contributed by atoms with Gasteiger partial charge in [0.25, 0.3) is 5.69 Å². The fourth-order valence-electron chi connectivity index (χ4n) is 2.93. The van der Waals surface area contributed by atoms with Crippen molar-refractivity contribution in [3.8, 4) is 5.75 Å². The third kappa shape index (κ3) is 3.86. The highest BCUT2D eigenvalue weighted by Gasteiger charge is 2.50. The molecule has 3 aromatic carbocycles. The second-order valence-corrected chi connectivity index (χ2v) is 6.36. The Kier molecular flexibility index (Phi) is 4.59. The van der Waals surface area contributed by atoms with E-state index in [1.807, 2.05) is 30.3 Å². The molecule has 0 unspecified atom stereocenters. The molecule has 146 valence electrons. The molecule has 0 saturated carbocycles. The topological polar surface area (TPSA) is 79.4 Å². The average molecular weight is 396 g/mol. The van der Waals surface area contributed by atoms with Crippen molar-refractivity contribution in [2.75, 3.05) is 10.9 Å². The molecule has 10 heteroatoms. The van der Waals surface area contributed by atoms with E-state index in [0.29, 0.717) is 10.2 Å². The number of nitrogens with zero attached hydrogens (tertiary/aromatic N) is 2. The first-order valence-corrected chi connectivity index (χ1v) is 8.71. The normalized spacial score (nSPS) is 14.2. The molecule has 0 aromatic heterocycles. The van der Waals surface area contributed by atoms with E-state index in [-0.39, 0.29) is 22.7 Å². The molecule has 1 heterocycles. The molecular formula is C19H15BF2N4O3. The van der Waals surface area contributed by atoms with Crippen molar-refractivity contribution < 1.29 is 22.7 Å². The van der Waals surface area contributed by atoms with Crippen LogP contribution in [0.15, 0.2) is 72.8 Å². The maximum atomic E-state index is 14.5.